The van der Waals surface area contributed by atoms with Crippen molar-refractivity contribution in [2.45, 2.75) is 13.0 Å². The zero-order valence-corrected chi connectivity index (χ0v) is 18.7. The van der Waals surface area contributed by atoms with E-state index in [1.807, 2.05) is 23.8 Å². The summed E-state index contributed by atoms with van der Waals surface area (Å²) in [5.74, 6) is 0.811. The van der Waals surface area contributed by atoms with Gasteiger partial charge in [-0.05, 0) is 36.8 Å². The van der Waals surface area contributed by atoms with E-state index >= 15 is 0 Å². The minimum absolute atomic E-state index is 0.205. The van der Waals surface area contributed by atoms with Crippen molar-refractivity contribution in [3.05, 3.63) is 71.9 Å². The van der Waals surface area contributed by atoms with E-state index in [1.54, 1.807) is 30.5 Å². The second kappa shape index (κ2) is 8.58. The Morgan fingerprint density at radius 1 is 1.12 bits per heavy atom. The van der Waals surface area contributed by atoms with E-state index in [4.69, 9.17) is 9.47 Å². The van der Waals surface area contributed by atoms with Gasteiger partial charge in [0.2, 0.25) is 11.8 Å². The van der Waals surface area contributed by atoms with Crippen LogP contribution in [0.1, 0.15) is 17.3 Å². The third kappa shape index (κ3) is 4.07. The van der Waals surface area contributed by atoms with Crippen LogP contribution in [0.3, 0.4) is 0 Å². The Morgan fingerprint density at radius 2 is 1.91 bits per heavy atom. The smallest absolute Gasteiger partial charge is 0.240 e. The molecule has 1 aromatic carbocycles. The third-order valence-corrected chi connectivity index (χ3v) is 5.47. The molecule has 11 heteroatoms. The van der Waals surface area contributed by atoms with Gasteiger partial charge in [-0.25, -0.2) is 18.7 Å². The number of halogens is 2. The number of benzene rings is 1. The Labute approximate surface area is 194 Å². The molecule has 34 heavy (non-hydrogen) atoms. The molecule has 1 N–H and O–H groups in total. The SMILES string of the molecule is COc1nc(Nc2ncc3c(n2)N(C)C(c2cc(F)cc(F)c2)CO3)ccc1-n1cnc(C)c1. The van der Waals surface area contributed by atoms with Crippen molar-refractivity contribution in [1.29, 1.82) is 0 Å². The van der Waals surface area contributed by atoms with Crippen molar-refractivity contribution in [2.24, 2.45) is 0 Å². The summed E-state index contributed by atoms with van der Waals surface area (Å²) in [5, 5.41) is 3.07. The average Bonchev–Trinajstić information content (AvgIpc) is 3.25. The predicted octanol–water partition coefficient (Wildman–Crippen LogP) is 3.97. The van der Waals surface area contributed by atoms with Gasteiger partial charge in [-0.1, -0.05) is 0 Å². The van der Waals surface area contributed by atoms with Gasteiger partial charge in [-0.3, -0.25) is 0 Å². The van der Waals surface area contributed by atoms with Crippen LogP contribution in [0.5, 0.6) is 11.6 Å². The van der Waals surface area contributed by atoms with Crippen LogP contribution < -0.4 is 19.7 Å². The predicted molar refractivity (Wildman–Crippen MR) is 121 cm³/mol. The van der Waals surface area contributed by atoms with Gasteiger partial charge in [-0.2, -0.15) is 9.97 Å². The number of hydrogen-bond acceptors (Lipinski definition) is 8. The Morgan fingerprint density at radius 3 is 2.62 bits per heavy atom. The maximum atomic E-state index is 13.8. The molecule has 4 heterocycles. The van der Waals surface area contributed by atoms with Gasteiger partial charge < -0.3 is 24.3 Å². The number of likely N-dealkylation sites (N-methyl/N-ethyl adjacent to an activating group) is 1. The largest absolute Gasteiger partial charge is 0.486 e. The molecule has 0 radical (unpaired) electrons. The molecule has 174 valence electrons. The number of nitrogens with one attached hydrogen (secondary N) is 1. The number of aromatic nitrogens is 5. The van der Waals surface area contributed by atoms with Gasteiger partial charge in [-0.15, -0.1) is 0 Å². The molecule has 1 atom stereocenters. The van der Waals surface area contributed by atoms with Crippen LogP contribution in [-0.2, 0) is 0 Å². The average molecular weight is 465 g/mol. The van der Waals surface area contributed by atoms with E-state index in [1.165, 1.54) is 19.2 Å². The number of fused-ring (bicyclic) bond motifs is 1. The first-order chi connectivity index (χ1) is 16.4. The molecule has 0 saturated carbocycles. The fourth-order valence-electron chi connectivity index (χ4n) is 3.81. The van der Waals surface area contributed by atoms with Crippen LogP contribution in [0.4, 0.5) is 26.4 Å². The van der Waals surface area contributed by atoms with Crippen molar-refractivity contribution >= 4 is 17.6 Å². The number of anilines is 3. The van der Waals surface area contributed by atoms with E-state index in [0.29, 0.717) is 28.8 Å². The normalized spacial score (nSPS) is 15.0. The molecule has 0 amide bonds. The number of pyridine rings is 1. The Hall–Kier alpha value is -4.28. The van der Waals surface area contributed by atoms with Gasteiger partial charge in [0.05, 0.1) is 31.4 Å². The lowest BCUT2D eigenvalue weighted by Gasteiger charge is -2.35. The molecule has 0 aliphatic carbocycles. The fourth-order valence-corrected chi connectivity index (χ4v) is 3.81. The van der Waals surface area contributed by atoms with Crippen LogP contribution in [-0.4, -0.2) is 45.3 Å². The molecule has 0 saturated heterocycles. The van der Waals surface area contributed by atoms with Crippen molar-refractivity contribution in [3.63, 3.8) is 0 Å². The summed E-state index contributed by atoms with van der Waals surface area (Å²) in [6, 6.07) is 6.62. The van der Waals surface area contributed by atoms with Crippen molar-refractivity contribution in [3.8, 4) is 17.3 Å². The molecule has 3 aromatic heterocycles. The summed E-state index contributed by atoms with van der Waals surface area (Å²) in [6.45, 7) is 2.10. The fraction of sp³-hybridized carbons (Fsp3) is 0.217. The van der Waals surface area contributed by atoms with Crippen LogP contribution >= 0.6 is 0 Å². The molecule has 0 fully saturated rings. The first kappa shape index (κ1) is 21.6. The molecule has 0 bridgehead atoms. The highest BCUT2D eigenvalue weighted by Crippen LogP contribution is 2.37. The molecule has 4 aromatic rings. The quantitative estimate of drug-likeness (QED) is 0.474. The molecule has 1 aliphatic rings. The number of imidazole rings is 1. The summed E-state index contributed by atoms with van der Waals surface area (Å²) in [4.78, 5) is 19.4. The van der Waals surface area contributed by atoms with E-state index in [-0.39, 0.29) is 12.6 Å². The van der Waals surface area contributed by atoms with Gasteiger partial charge in [0.25, 0.3) is 0 Å². The highest BCUT2D eigenvalue weighted by Gasteiger charge is 2.29. The van der Waals surface area contributed by atoms with Crippen LogP contribution in [0, 0.1) is 18.6 Å². The zero-order valence-electron chi connectivity index (χ0n) is 18.7. The van der Waals surface area contributed by atoms with E-state index in [9.17, 15) is 8.78 Å². The van der Waals surface area contributed by atoms with Crippen molar-refractivity contribution < 1.29 is 18.3 Å². The third-order valence-electron chi connectivity index (χ3n) is 5.47. The Bertz CT molecular complexity index is 1340. The number of rotatable bonds is 5. The summed E-state index contributed by atoms with van der Waals surface area (Å²) in [5.41, 5.74) is 2.06. The van der Waals surface area contributed by atoms with E-state index < -0.39 is 17.7 Å². The lowest BCUT2D eigenvalue weighted by Crippen LogP contribution is -2.34. The second-order valence-corrected chi connectivity index (χ2v) is 7.79. The Balaban J connectivity index is 1.41. The lowest BCUT2D eigenvalue weighted by atomic mass is 10.0. The van der Waals surface area contributed by atoms with Crippen LogP contribution in [0.2, 0.25) is 0 Å². The number of hydrogen-bond donors (Lipinski definition) is 1. The minimum Gasteiger partial charge on any atom is -0.486 e. The van der Waals surface area contributed by atoms with Gasteiger partial charge in [0, 0.05) is 19.3 Å². The summed E-state index contributed by atoms with van der Waals surface area (Å²) >= 11 is 0. The number of methoxy groups -OCH3 is 1. The topological polar surface area (TPSA) is 90.2 Å². The number of aryl methyl sites for hydroxylation is 1. The Kier molecular flexibility index (Phi) is 5.44. The van der Waals surface area contributed by atoms with E-state index in [2.05, 4.69) is 25.3 Å². The molecule has 5 rings (SSSR count). The molecule has 9 nitrogen and oxygen atoms in total. The highest BCUT2D eigenvalue weighted by atomic mass is 19.1. The van der Waals surface area contributed by atoms with Crippen LogP contribution in [0.25, 0.3) is 5.69 Å². The summed E-state index contributed by atoms with van der Waals surface area (Å²) < 4.78 is 40.5. The molecule has 0 spiro atoms. The minimum atomic E-state index is -0.645. The molecular formula is C23H21F2N7O2. The van der Waals surface area contributed by atoms with Gasteiger partial charge in [0.15, 0.2) is 11.6 Å². The van der Waals surface area contributed by atoms with Gasteiger partial charge >= 0.3 is 0 Å². The first-order valence-corrected chi connectivity index (χ1v) is 10.4. The highest BCUT2D eigenvalue weighted by molar-refractivity contribution is 5.60. The van der Waals surface area contributed by atoms with Gasteiger partial charge in [0.1, 0.15) is 29.7 Å². The molecule has 1 aliphatic heterocycles. The number of nitrogens with zero attached hydrogens (tertiary/aromatic N) is 6. The summed E-state index contributed by atoms with van der Waals surface area (Å²) in [6.07, 6.45) is 5.10. The standard InChI is InChI=1S/C23H21F2N7O2/c1-13-10-32(12-27-13)17-4-5-20(28-22(17)33-3)29-23-26-9-19-21(30-23)31(2)18(11-34-19)14-6-15(24)8-16(25)7-14/h4-10,12,18H,11H2,1-3H3,(H,26,28,29,30). The maximum absolute atomic E-state index is 13.8. The number of ether oxygens (including phenoxy) is 2. The molecular weight excluding hydrogens is 444 g/mol. The maximum Gasteiger partial charge on any atom is 0.240 e. The van der Waals surface area contributed by atoms with Crippen LogP contribution in [0.15, 0.2) is 49.1 Å². The van der Waals surface area contributed by atoms with Crippen molar-refractivity contribution in [2.75, 3.05) is 31.0 Å². The lowest BCUT2D eigenvalue weighted by molar-refractivity contribution is 0.264. The van der Waals surface area contributed by atoms with E-state index in [0.717, 1.165) is 17.4 Å². The molecule has 1 unspecified atom stereocenters. The summed E-state index contributed by atoms with van der Waals surface area (Å²) in [7, 11) is 3.32. The second-order valence-electron chi connectivity index (χ2n) is 7.79. The zero-order chi connectivity index (χ0) is 23.8. The monoisotopic (exact) mass is 465 g/mol. The van der Waals surface area contributed by atoms with Crippen molar-refractivity contribution in [1.82, 2.24) is 24.5 Å². The first-order valence-electron chi connectivity index (χ1n) is 10.4.